The summed E-state index contributed by atoms with van der Waals surface area (Å²) in [6.45, 7) is 0.629. The van der Waals surface area contributed by atoms with Crippen molar-refractivity contribution in [1.82, 2.24) is 9.62 Å². The van der Waals surface area contributed by atoms with E-state index in [9.17, 15) is 13.2 Å². The molecule has 2 atom stereocenters. The zero-order chi connectivity index (χ0) is 18.0. The van der Waals surface area contributed by atoms with Gasteiger partial charge in [0, 0.05) is 37.7 Å². The smallest absolute Gasteiger partial charge is 0.251 e. The van der Waals surface area contributed by atoms with Crippen molar-refractivity contribution in [2.45, 2.75) is 16.9 Å². The number of halogens is 1. The number of nitrogens with one attached hydrogen (secondary N) is 1. The Bertz CT molecular complexity index is 857. The predicted molar refractivity (Wildman–Crippen MR) is 103 cm³/mol. The van der Waals surface area contributed by atoms with Gasteiger partial charge in [0.25, 0.3) is 5.91 Å². The minimum atomic E-state index is -3.64. The van der Waals surface area contributed by atoms with Crippen LogP contribution in [0.4, 0.5) is 0 Å². The van der Waals surface area contributed by atoms with E-state index in [1.165, 1.54) is 35.6 Å². The zero-order valence-electron chi connectivity index (χ0n) is 14.3. The van der Waals surface area contributed by atoms with E-state index < -0.39 is 10.0 Å². The van der Waals surface area contributed by atoms with Crippen LogP contribution in [0.1, 0.15) is 21.8 Å². The topological polar surface area (TPSA) is 92.5 Å². The molecule has 1 heterocycles. The third-order valence-electron chi connectivity index (χ3n) is 4.54. The van der Waals surface area contributed by atoms with E-state index in [-0.39, 0.29) is 41.7 Å². The Hall–Kier alpha value is -1.93. The van der Waals surface area contributed by atoms with Gasteiger partial charge in [-0.2, -0.15) is 4.31 Å². The molecule has 0 aromatic heterocycles. The number of nitrogens with two attached hydrogens (primary N) is 1. The second kappa shape index (κ2) is 8.18. The highest BCUT2D eigenvalue weighted by Gasteiger charge is 2.38. The highest BCUT2D eigenvalue weighted by atomic mass is 35.5. The van der Waals surface area contributed by atoms with Gasteiger partial charge in [0.2, 0.25) is 10.0 Å². The minimum Gasteiger partial charge on any atom is -0.355 e. The zero-order valence-corrected chi connectivity index (χ0v) is 16.0. The van der Waals surface area contributed by atoms with E-state index in [2.05, 4.69) is 5.32 Å². The molecular formula is C18H22ClN3O3S. The molecular weight excluding hydrogens is 374 g/mol. The summed E-state index contributed by atoms with van der Waals surface area (Å²) in [6.07, 6.45) is 0. The Morgan fingerprint density at radius 2 is 1.69 bits per heavy atom. The molecule has 1 aliphatic heterocycles. The first-order valence-corrected chi connectivity index (χ1v) is 9.50. The number of hydrogen-bond donors (Lipinski definition) is 2. The van der Waals surface area contributed by atoms with Crippen molar-refractivity contribution in [2.75, 3.05) is 20.1 Å². The number of sulfonamides is 1. The van der Waals surface area contributed by atoms with Gasteiger partial charge in [-0.25, -0.2) is 8.42 Å². The molecule has 1 fully saturated rings. The lowest BCUT2D eigenvalue weighted by molar-refractivity contribution is 0.0963. The van der Waals surface area contributed by atoms with E-state index in [4.69, 9.17) is 5.73 Å². The first-order valence-electron chi connectivity index (χ1n) is 8.06. The lowest BCUT2D eigenvalue weighted by Gasteiger charge is -2.17. The highest BCUT2D eigenvalue weighted by Crippen LogP contribution is 2.30. The average Bonchev–Trinajstić information content (AvgIpc) is 3.04. The molecule has 3 rings (SSSR count). The Kier molecular flexibility index (Phi) is 6.41. The summed E-state index contributed by atoms with van der Waals surface area (Å²) < 4.78 is 27.2. The lowest BCUT2D eigenvalue weighted by Crippen LogP contribution is -2.32. The summed E-state index contributed by atoms with van der Waals surface area (Å²) in [4.78, 5) is 11.8. The summed E-state index contributed by atoms with van der Waals surface area (Å²) in [5.41, 5.74) is 7.66. The van der Waals surface area contributed by atoms with Gasteiger partial charge in [-0.1, -0.05) is 30.3 Å². The number of amides is 1. The molecule has 1 aliphatic rings. The maximum Gasteiger partial charge on any atom is 0.251 e. The average molecular weight is 396 g/mol. The molecule has 0 saturated carbocycles. The molecule has 26 heavy (non-hydrogen) atoms. The first-order chi connectivity index (χ1) is 11.9. The van der Waals surface area contributed by atoms with Crippen LogP contribution in [0.25, 0.3) is 0 Å². The van der Waals surface area contributed by atoms with Crippen LogP contribution in [0.3, 0.4) is 0 Å². The molecule has 2 aromatic rings. The van der Waals surface area contributed by atoms with E-state index in [1.807, 2.05) is 30.3 Å². The van der Waals surface area contributed by atoms with Gasteiger partial charge in [-0.15, -0.1) is 12.4 Å². The summed E-state index contributed by atoms with van der Waals surface area (Å²) >= 11 is 0. The molecule has 2 aromatic carbocycles. The molecule has 1 saturated heterocycles. The van der Waals surface area contributed by atoms with Crippen molar-refractivity contribution in [3.8, 4) is 0 Å². The molecule has 0 radical (unpaired) electrons. The number of carbonyl (C=O) groups excluding carboxylic acids is 1. The van der Waals surface area contributed by atoms with Gasteiger partial charge in [0.1, 0.15) is 0 Å². The quantitative estimate of drug-likeness (QED) is 0.822. The maximum atomic E-state index is 12.9. The van der Waals surface area contributed by atoms with Crippen LogP contribution in [-0.4, -0.2) is 44.8 Å². The molecule has 6 nitrogen and oxygen atoms in total. The maximum absolute atomic E-state index is 12.9. The van der Waals surface area contributed by atoms with Crippen LogP contribution in [0, 0.1) is 0 Å². The van der Waals surface area contributed by atoms with Crippen LogP contribution in [0.15, 0.2) is 59.5 Å². The van der Waals surface area contributed by atoms with E-state index in [0.29, 0.717) is 12.1 Å². The van der Waals surface area contributed by atoms with Crippen LogP contribution >= 0.6 is 12.4 Å². The molecule has 8 heteroatoms. The number of carbonyl (C=O) groups is 1. The molecule has 0 bridgehead atoms. The Morgan fingerprint density at radius 1 is 1.08 bits per heavy atom. The molecule has 0 spiro atoms. The van der Waals surface area contributed by atoms with Gasteiger partial charge in [0.05, 0.1) is 4.90 Å². The third-order valence-corrected chi connectivity index (χ3v) is 6.39. The summed E-state index contributed by atoms with van der Waals surface area (Å²) in [5, 5.41) is 2.51. The summed E-state index contributed by atoms with van der Waals surface area (Å²) in [7, 11) is -2.11. The van der Waals surface area contributed by atoms with Crippen LogP contribution in [0.5, 0.6) is 0 Å². The molecule has 3 N–H and O–H groups in total. The van der Waals surface area contributed by atoms with Crippen LogP contribution in [0.2, 0.25) is 0 Å². The molecule has 0 unspecified atom stereocenters. The van der Waals surface area contributed by atoms with Gasteiger partial charge in [0.15, 0.2) is 0 Å². The van der Waals surface area contributed by atoms with Crippen LogP contribution in [-0.2, 0) is 10.0 Å². The summed E-state index contributed by atoms with van der Waals surface area (Å²) in [5.74, 6) is -0.280. The first kappa shape index (κ1) is 20.4. The van der Waals surface area contributed by atoms with Gasteiger partial charge in [-0.05, 0) is 29.8 Å². The SMILES string of the molecule is CNC(=O)c1ccc(S(=O)(=O)N2C[C@@H](N)[C@H](c3ccccc3)C2)cc1.Cl. The van der Waals surface area contributed by atoms with Gasteiger partial charge >= 0.3 is 0 Å². The van der Waals surface area contributed by atoms with Crippen LogP contribution < -0.4 is 11.1 Å². The number of hydrogen-bond acceptors (Lipinski definition) is 4. The number of benzene rings is 2. The highest BCUT2D eigenvalue weighted by molar-refractivity contribution is 7.89. The fourth-order valence-electron chi connectivity index (χ4n) is 3.11. The lowest BCUT2D eigenvalue weighted by atomic mass is 9.95. The van der Waals surface area contributed by atoms with Crippen molar-refractivity contribution in [1.29, 1.82) is 0 Å². The van der Waals surface area contributed by atoms with Crippen molar-refractivity contribution >= 4 is 28.3 Å². The summed E-state index contributed by atoms with van der Waals surface area (Å²) in [6, 6.07) is 15.4. The van der Waals surface area contributed by atoms with E-state index in [1.54, 1.807) is 0 Å². The van der Waals surface area contributed by atoms with Crippen molar-refractivity contribution in [3.05, 3.63) is 65.7 Å². The fourth-order valence-corrected chi connectivity index (χ4v) is 4.62. The standard InChI is InChI=1S/C18H21N3O3S.ClH/c1-20-18(22)14-7-9-15(10-8-14)25(23,24)21-11-16(17(19)12-21)13-5-3-2-4-6-13;/h2-10,16-17H,11-12,19H2,1H3,(H,20,22);1H/t16-,17+;/m0./s1. The van der Waals surface area contributed by atoms with Crippen molar-refractivity contribution < 1.29 is 13.2 Å². The monoisotopic (exact) mass is 395 g/mol. The Balaban J connectivity index is 0.00000243. The van der Waals surface area contributed by atoms with E-state index in [0.717, 1.165) is 5.56 Å². The largest absolute Gasteiger partial charge is 0.355 e. The number of nitrogens with zero attached hydrogens (tertiary/aromatic N) is 1. The predicted octanol–water partition coefficient (Wildman–Crippen LogP) is 1.58. The third kappa shape index (κ3) is 3.91. The second-order valence-corrected chi connectivity index (χ2v) is 8.04. The second-order valence-electron chi connectivity index (χ2n) is 6.11. The number of rotatable bonds is 4. The van der Waals surface area contributed by atoms with E-state index >= 15 is 0 Å². The molecule has 140 valence electrons. The van der Waals surface area contributed by atoms with Crippen molar-refractivity contribution in [3.63, 3.8) is 0 Å². The normalized spacial score (nSPS) is 20.4. The van der Waals surface area contributed by atoms with Gasteiger partial charge in [-0.3, -0.25) is 4.79 Å². The Labute approximate surface area is 159 Å². The van der Waals surface area contributed by atoms with Gasteiger partial charge < -0.3 is 11.1 Å². The van der Waals surface area contributed by atoms with Crippen molar-refractivity contribution in [2.24, 2.45) is 5.73 Å². The Morgan fingerprint density at radius 3 is 2.27 bits per heavy atom. The molecule has 1 amide bonds. The fraction of sp³-hybridized carbons (Fsp3) is 0.278. The minimum absolute atomic E-state index is 0. The molecule has 0 aliphatic carbocycles.